The number of nitrogens with zero attached hydrogens (tertiary/aromatic N) is 2. The number of rotatable bonds is 6. The maximum atomic E-state index is 12.0. The van der Waals surface area contributed by atoms with Crippen LogP contribution in [0.15, 0.2) is 0 Å². The van der Waals surface area contributed by atoms with Crippen molar-refractivity contribution in [1.29, 1.82) is 0 Å². The van der Waals surface area contributed by atoms with E-state index in [2.05, 4.69) is 0 Å². The molecule has 0 bridgehead atoms. The topological polar surface area (TPSA) is 98.1 Å². The summed E-state index contributed by atoms with van der Waals surface area (Å²) in [6, 6.07) is 0. The van der Waals surface area contributed by atoms with Gasteiger partial charge in [-0.15, -0.1) is 0 Å². The number of amides is 1. The van der Waals surface area contributed by atoms with Crippen LogP contribution in [0.1, 0.15) is 25.7 Å². The number of likely N-dealkylation sites (tertiary alicyclic amines) is 1. The highest BCUT2D eigenvalue weighted by Gasteiger charge is 2.21. The van der Waals surface area contributed by atoms with Gasteiger partial charge in [-0.2, -0.15) is 0 Å². The lowest BCUT2D eigenvalue weighted by Crippen LogP contribution is -2.44. The molecule has 1 rings (SSSR count). The summed E-state index contributed by atoms with van der Waals surface area (Å²) in [6.45, 7) is 0.315. The number of hydrogen-bond acceptors (Lipinski definition) is 4. The van der Waals surface area contributed by atoms with Crippen molar-refractivity contribution in [2.75, 3.05) is 32.7 Å². The van der Waals surface area contributed by atoms with Crippen LogP contribution >= 0.6 is 0 Å². The van der Waals surface area contributed by atoms with E-state index in [4.69, 9.17) is 10.2 Å². The van der Waals surface area contributed by atoms with Crippen LogP contribution in [0.25, 0.3) is 0 Å². The van der Waals surface area contributed by atoms with E-state index in [9.17, 15) is 14.4 Å². The molecule has 0 aromatic heterocycles. The van der Waals surface area contributed by atoms with E-state index in [1.807, 2.05) is 0 Å². The normalized spacial score (nSPS) is 16.2. The molecule has 108 valence electrons. The van der Waals surface area contributed by atoms with Crippen LogP contribution in [-0.2, 0) is 14.4 Å². The first-order valence-electron chi connectivity index (χ1n) is 6.42. The second-order valence-electron chi connectivity index (χ2n) is 4.73. The van der Waals surface area contributed by atoms with Gasteiger partial charge >= 0.3 is 11.9 Å². The molecule has 0 aliphatic carbocycles. The van der Waals surface area contributed by atoms with Crippen molar-refractivity contribution in [3.05, 3.63) is 0 Å². The Balaban J connectivity index is 2.53. The second-order valence-corrected chi connectivity index (χ2v) is 4.73. The van der Waals surface area contributed by atoms with E-state index >= 15 is 0 Å². The summed E-state index contributed by atoms with van der Waals surface area (Å²) in [7, 11) is 0. The lowest BCUT2D eigenvalue weighted by molar-refractivity contribution is -0.143. The summed E-state index contributed by atoms with van der Waals surface area (Å²) in [4.78, 5) is 36.1. The predicted octanol–water partition coefficient (Wildman–Crippen LogP) is -0.140. The Kier molecular flexibility index (Phi) is 6.27. The molecule has 0 radical (unpaired) electrons. The Bertz CT molecular complexity index is 321. The molecule has 1 aliphatic rings. The van der Waals surface area contributed by atoms with Crippen molar-refractivity contribution in [3.8, 4) is 0 Å². The lowest BCUT2D eigenvalue weighted by Gasteiger charge is -2.24. The molecule has 0 unspecified atom stereocenters. The van der Waals surface area contributed by atoms with Crippen LogP contribution < -0.4 is 0 Å². The molecule has 0 aromatic carbocycles. The van der Waals surface area contributed by atoms with Gasteiger partial charge < -0.3 is 15.1 Å². The van der Waals surface area contributed by atoms with E-state index in [0.717, 1.165) is 30.6 Å². The van der Waals surface area contributed by atoms with Crippen molar-refractivity contribution in [2.45, 2.75) is 25.7 Å². The molecular formula is C12H20N2O5. The minimum absolute atomic E-state index is 0.154. The molecule has 7 heteroatoms. The van der Waals surface area contributed by atoms with E-state index < -0.39 is 25.0 Å². The molecule has 2 N–H and O–H groups in total. The third kappa shape index (κ3) is 6.19. The fourth-order valence-corrected chi connectivity index (χ4v) is 2.16. The van der Waals surface area contributed by atoms with Crippen molar-refractivity contribution >= 4 is 17.8 Å². The number of hydrogen-bond donors (Lipinski definition) is 2. The standard InChI is InChI=1S/C12H20N2O5/c15-10(14-5-3-1-2-4-6-14)7-13(8-11(16)17)9-12(18)19/h1-9H2,(H,16,17)(H,18,19). The Morgan fingerprint density at radius 1 is 0.842 bits per heavy atom. The van der Waals surface area contributed by atoms with Crippen LogP contribution in [0.5, 0.6) is 0 Å². The Labute approximate surface area is 111 Å². The molecule has 7 nitrogen and oxygen atoms in total. The number of carbonyl (C=O) groups excluding carboxylic acids is 1. The zero-order chi connectivity index (χ0) is 14.3. The van der Waals surface area contributed by atoms with Gasteiger partial charge in [0.05, 0.1) is 19.6 Å². The molecule has 1 aliphatic heterocycles. The maximum absolute atomic E-state index is 12.0. The van der Waals surface area contributed by atoms with Gasteiger partial charge in [0.15, 0.2) is 0 Å². The molecule has 1 heterocycles. The maximum Gasteiger partial charge on any atom is 0.317 e. The van der Waals surface area contributed by atoms with Crippen LogP contribution in [0.2, 0.25) is 0 Å². The second kappa shape index (κ2) is 7.73. The summed E-state index contributed by atoms with van der Waals surface area (Å²) < 4.78 is 0. The number of aliphatic carboxylic acids is 2. The number of carbonyl (C=O) groups is 3. The lowest BCUT2D eigenvalue weighted by atomic mass is 10.2. The SMILES string of the molecule is O=C(O)CN(CC(=O)O)CC(=O)N1CCCCCC1. The molecule has 19 heavy (non-hydrogen) atoms. The smallest absolute Gasteiger partial charge is 0.317 e. The van der Waals surface area contributed by atoms with Gasteiger partial charge in [-0.3, -0.25) is 19.3 Å². The molecule has 1 fully saturated rings. The van der Waals surface area contributed by atoms with Crippen molar-refractivity contribution in [2.24, 2.45) is 0 Å². The van der Waals surface area contributed by atoms with Gasteiger partial charge in [-0.1, -0.05) is 12.8 Å². The minimum atomic E-state index is -1.13. The van der Waals surface area contributed by atoms with Gasteiger partial charge in [-0.05, 0) is 12.8 Å². The van der Waals surface area contributed by atoms with E-state index in [1.54, 1.807) is 4.90 Å². The predicted molar refractivity (Wildman–Crippen MR) is 66.8 cm³/mol. The third-order valence-corrected chi connectivity index (χ3v) is 3.04. The van der Waals surface area contributed by atoms with Crippen LogP contribution in [-0.4, -0.2) is 70.6 Å². The van der Waals surface area contributed by atoms with Gasteiger partial charge in [-0.25, -0.2) is 0 Å². The highest BCUT2D eigenvalue weighted by molar-refractivity contribution is 5.80. The quantitative estimate of drug-likeness (QED) is 0.698. The zero-order valence-electron chi connectivity index (χ0n) is 10.9. The van der Waals surface area contributed by atoms with E-state index in [-0.39, 0.29) is 12.5 Å². The summed E-state index contributed by atoms with van der Waals surface area (Å²) >= 11 is 0. The Morgan fingerprint density at radius 3 is 1.74 bits per heavy atom. The fraction of sp³-hybridized carbons (Fsp3) is 0.750. The molecule has 0 aromatic rings. The van der Waals surface area contributed by atoms with Crippen molar-refractivity contribution < 1.29 is 24.6 Å². The average Bonchev–Trinajstić information content (AvgIpc) is 2.55. The van der Waals surface area contributed by atoms with E-state index in [1.165, 1.54) is 0 Å². The van der Waals surface area contributed by atoms with Gasteiger partial charge in [0.2, 0.25) is 5.91 Å². The Hall–Kier alpha value is -1.63. The first-order chi connectivity index (χ1) is 8.99. The highest BCUT2D eigenvalue weighted by atomic mass is 16.4. The van der Waals surface area contributed by atoms with Gasteiger partial charge in [0, 0.05) is 13.1 Å². The zero-order valence-corrected chi connectivity index (χ0v) is 10.9. The monoisotopic (exact) mass is 272 g/mol. The van der Waals surface area contributed by atoms with Gasteiger partial charge in [0.1, 0.15) is 0 Å². The van der Waals surface area contributed by atoms with Crippen LogP contribution in [0.4, 0.5) is 0 Å². The first kappa shape index (κ1) is 15.4. The molecule has 1 amide bonds. The molecule has 1 saturated heterocycles. The fourth-order valence-electron chi connectivity index (χ4n) is 2.16. The average molecular weight is 272 g/mol. The molecule has 0 atom stereocenters. The summed E-state index contributed by atoms with van der Waals surface area (Å²) in [5.41, 5.74) is 0. The van der Waals surface area contributed by atoms with Crippen molar-refractivity contribution in [1.82, 2.24) is 9.80 Å². The van der Waals surface area contributed by atoms with Gasteiger partial charge in [0.25, 0.3) is 0 Å². The molecule has 0 spiro atoms. The highest BCUT2D eigenvalue weighted by Crippen LogP contribution is 2.10. The summed E-state index contributed by atoms with van der Waals surface area (Å²) in [5.74, 6) is -2.46. The first-order valence-corrected chi connectivity index (χ1v) is 6.42. The molecular weight excluding hydrogens is 252 g/mol. The largest absolute Gasteiger partial charge is 0.480 e. The number of carboxylic acids is 2. The van der Waals surface area contributed by atoms with Crippen molar-refractivity contribution in [3.63, 3.8) is 0 Å². The van der Waals surface area contributed by atoms with Crippen LogP contribution in [0, 0.1) is 0 Å². The van der Waals surface area contributed by atoms with E-state index in [0.29, 0.717) is 13.1 Å². The third-order valence-electron chi connectivity index (χ3n) is 3.04. The number of carboxylic acid groups (broad SMARTS) is 2. The Morgan fingerprint density at radius 2 is 1.32 bits per heavy atom. The minimum Gasteiger partial charge on any atom is -0.480 e. The molecule has 0 saturated carbocycles. The summed E-state index contributed by atoms with van der Waals surface area (Å²) in [5, 5.41) is 17.4. The summed E-state index contributed by atoms with van der Waals surface area (Å²) in [6.07, 6.45) is 4.09. The van der Waals surface area contributed by atoms with Crippen LogP contribution in [0.3, 0.4) is 0 Å².